The Morgan fingerprint density at radius 2 is 1.93 bits per heavy atom. The maximum absolute atomic E-state index is 14.0. The van der Waals surface area contributed by atoms with E-state index in [0.717, 1.165) is 25.2 Å². The average Bonchev–Trinajstić information content (AvgIpc) is 3.22. The molecule has 1 saturated carbocycles. The van der Waals surface area contributed by atoms with Gasteiger partial charge in [0.25, 0.3) is 5.91 Å². The monoisotopic (exact) mass is 413 g/mol. The highest BCUT2D eigenvalue weighted by molar-refractivity contribution is 5.94. The topological polar surface area (TPSA) is 61.4 Å². The number of halogens is 2. The number of fused-ring (bicyclic) bond motifs is 1. The summed E-state index contributed by atoms with van der Waals surface area (Å²) in [4.78, 5) is 27.7. The van der Waals surface area contributed by atoms with E-state index in [0.29, 0.717) is 25.5 Å². The molecular weight excluding hydrogens is 388 g/mol. The van der Waals surface area contributed by atoms with Crippen molar-refractivity contribution in [1.82, 2.24) is 15.5 Å². The van der Waals surface area contributed by atoms with Gasteiger partial charge in [-0.25, -0.2) is 8.78 Å². The normalized spacial score (nSPS) is 25.7. The fourth-order valence-electron chi connectivity index (χ4n) is 5.08. The van der Waals surface area contributed by atoms with Crippen molar-refractivity contribution >= 4 is 11.8 Å². The van der Waals surface area contributed by atoms with Gasteiger partial charge in [0.15, 0.2) is 0 Å². The summed E-state index contributed by atoms with van der Waals surface area (Å²) in [6, 6.07) is 12.8. The molecule has 0 spiro atoms. The zero-order valence-corrected chi connectivity index (χ0v) is 16.8. The Morgan fingerprint density at radius 3 is 2.63 bits per heavy atom. The van der Waals surface area contributed by atoms with Gasteiger partial charge in [-0.3, -0.25) is 14.5 Å². The quantitative estimate of drug-likeness (QED) is 0.793. The number of carbonyl (C=O) groups excluding carboxylic acids is 2. The van der Waals surface area contributed by atoms with E-state index in [1.807, 2.05) is 18.2 Å². The molecule has 1 aliphatic heterocycles. The van der Waals surface area contributed by atoms with Crippen molar-refractivity contribution in [2.45, 2.75) is 25.4 Å². The van der Waals surface area contributed by atoms with Crippen molar-refractivity contribution in [2.75, 3.05) is 20.1 Å². The maximum Gasteiger partial charge on any atom is 0.254 e. The second-order valence-corrected chi connectivity index (χ2v) is 8.32. The van der Waals surface area contributed by atoms with Gasteiger partial charge in [-0.1, -0.05) is 30.3 Å². The predicted molar refractivity (Wildman–Crippen MR) is 109 cm³/mol. The third kappa shape index (κ3) is 3.81. The van der Waals surface area contributed by atoms with Gasteiger partial charge in [-0.15, -0.1) is 0 Å². The fraction of sp³-hybridized carbons (Fsp3) is 0.391. The smallest absolute Gasteiger partial charge is 0.254 e. The van der Waals surface area contributed by atoms with Crippen LogP contribution in [-0.2, 0) is 11.3 Å². The molecule has 0 unspecified atom stereocenters. The Kier molecular flexibility index (Phi) is 5.56. The maximum atomic E-state index is 14.0. The van der Waals surface area contributed by atoms with E-state index in [1.165, 1.54) is 5.56 Å². The molecule has 30 heavy (non-hydrogen) atoms. The summed E-state index contributed by atoms with van der Waals surface area (Å²) in [5.74, 6) is -2.11. The minimum Gasteiger partial charge on any atom is -0.359 e. The van der Waals surface area contributed by atoms with Crippen LogP contribution >= 0.6 is 0 Å². The SMILES string of the molecule is CNC(=O)[C@]12C[C@@H](NC(=O)c3ccc(F)cc3F)C[C@H]1CN(Cc1ccccc1)C2. The summed E-state index contributed by atoms with van der Waals surface area (Å²) in [6.07, 6.45) is 1.14. The summed E-state index contributed by atoms with van der Waals surface area (Å²) >= 11 is 0. The number of carbonyl (C=O) groups is 2. The third-order valence-corrected chi connectivity index (χ3v) is 6.38. The lowest BCUT2D eigenvalue weighted by Gasteiger charge is -2.27. The summed E-state index contributed by atoms with van der Waals surface area (Å²) in [7, 11) is 1.63. The molecule has 0 radical (unpaired) electrons. The second kappa shape index (κ2) is 8.14. The number of nitrogens with zero attached hydrogens (tertiary/aromatic N) is 1. The van der Waals surface area contributed by atoms with Crippen LogP contribution in [0.25, 0.3) is 0 Å². The van der Waals surface area contributed by atoms with E-state index in [-0.39, 0.29) is 23.4 Å². The molecule has 2 aromatic rings. The van der Waals surface area contributed by atoms with Crippen molar-refractivity contribution in [1.29, 1.82) is 0 Å². The predicted octanol–water partition coefficient (Wildman–Crippen LogP) is 2.72. The van der Waals surface area contributed by atoms with E-state index in [1.54, 1.807) is 7.05 Å². The number of rotatable bonds is 5. The lowest BCUT2D eigenvalue weighted by molar-refractivity contribution is -0.131. The number of amides is 2. The van der Waals surface area contributed by atoms with E-state index in [4.69, 9.17) is 0 Å². The molecule has 3 atom stereocenters. The van der Waals surface area contributed by atoms with Crippen LogP contribution in [0.3, 0.4) is 0 Å². The molecule has 0 bridgehead atoms. The summed E-state index contributed by atoms with van der Waals surface area (Å²) in [6.45, 7) is 2.15. The first-order valence-corrected chi connectivity index (χ1v) is 10.2. The molecular formula is C23H25F2N3O2. The Labute approximate surface area is 174 Å². The molecule has 2 N–H and O–H groups in total. The summed E-state index contributed by atoms with van der Waals surface area (Å²) in [5, 5.41) is 5.65. The number of hydrogen-bond acceptors (Lipinski definition) is 3. The zero-order valence-electron chi connectivity index (χ0n) is 16.8. The molecule has 158 valence electrons. The first-order valence-electron chi connectivity index (χ1n) is 10.2. The average molecular weight is 413 g/mol. The fourth-order valence-corrected chi connectivity index (χ4v) is 5.08. The lowest BCUT2D eigenvalue weighted by atomic mass is 9.80. The minimum atomic E-state index is -0.888. The van der Waals surface area contributed by atoms with Crippen LogP contribution in [-0.4, -0.2) is 42.9 Å². The van der Waals surface area contributed by atoms with Crippen molar-refractivity contribution in [3.05, 3.63) is 71.3 Å². The van der Waals surface area contributed by atoms with Gasteiger partial charge >= 0.3 is 0 Å². The van der Waals surface area contributed by atoms with E-state index in [9.17, 15) is 18.4 Å². The molecule has 2 aromatic carbocycles. The molecule has 7 heteroatoms. The first kappa shape index (κ1) is 20.5. The molecule has 2 fully saturated rings. The Bertz CT molecular complexity index is 953. The summed E-state index contributed by atoms with van der Waals surface area (Å²) < 4.78 is 27.1. The van der Waals surface area contributed by atoms with Gasteiger partial charge in [-0.2, -0.15) is 0 Å². The van der Waals surface area contributed by atoms with Gasteiger partial charge in [0.1, 0.15) is 11.6 Å². The molecule has 4 rings (SSSR count). The molecule has 2 aliphatic rings. The lowest BCUT2D eigenvalue weighted by Crippen LogP contribution is -2.44. The largest absolute Gasteiger partial charge is 0.359 e. The number of benzene rings is 2. The van der Waals surface area contributed by atoms with Crippen LogP contribution in [0.5, 0.6) is 0 Å². The van der Waals surface area contributed by atoms with Crippen LogP contribution in [0.1, 0.15) is 28.8 Å². The van der Waals surface area contributed by atoms with Crippen LogP contribution < -0.4 is 10.6 Å². The minimum absolute atomic E-state index is 0.0206. The molecule has 1 saturated heterocycles. The number of likely N-dealkylation sites (tertiary alicyclic amines) is 1. The van der Waals surface area contributed by atoms with Crippen molar-refractivity contribution < 1.29 is 18.4 Å². The van der Waals surface area contributed by atoms with E-state index >= 15 is 0 Å². The Hall–Kier alpha value is -2.80. The molecule has 2 amide bonds. The molecule has 1 aliphatic carbocycles. The summed E-state index contributed by atoms with van der Waals surface area (Å²) in [5.41, 5.74) is 0.428. The van der Waals surface area contributed by atoms with E-state index < -0.39 is 23.0 Å². The highest BCUT2D eigenvalue weighted by Gasteiger charge is 2.57. The van der Waals surface area contributed by atoms with Gasteiger partial charge in [-0.05, 0) is 36.5 Å². The highest BCUT2D eigenvalue weighted by Crippen LogP contribution is 2.49. The van der Waals surface area contributed by atoms with Crippen molar-refractivity contribution in [3.63, 3.8) is 0 Å². The van der Waals surface area contributed by atoms with E-state index in [2.05, 4.69) is 27.7 Å². The second-order valence-electron chi connectivity index (χ2n) is 8.32. The van der Waals surface area contributed by atoms with Crippen molar-refractivity contribution in [3.8, 4) is 0 Å². The number of nitrogens with one attached hydrogen (secondary N) is 2. The first-order chi connectivity index (χ1) is 14.4. The van der Waals surface area contributed by atoms with Crippen LogP contribution in [0.4, 0.5) is 8.78 Å². The van der Waals surface area contributed by atoms with Gasteiger partial charge in [0.2, 0.25) is 5.91 Å². The zero-order chi connectivity index (χ0) is 21.3. The molecule has 1 heterocycles. The van der Waals surface area contributed by atoms with Crippen LogP contribution in [0.2, 0.25) is 0 Å². The van der Waals surface area contributed by atoms with Gasteiger partial charge < -0.3 is 10.6 Å². The van der Waals surface area contributed by atoms with Gasteiger partial charge in [0.05, 0.1) is 11.0 Å². The van der Waals surface area contributed by atoms with Crippen LogP contribution in [0, 0.1) is 23.0 Å². The Balaban J connectivity index is 1.46. The third-order valence-electron chi connectivity index (χ3n) is 6.38. The Morgan fingerprint density at radius 1 is 1.17 bits per heavy atom. The van der Waals surface area contributed by atoms with Gasteiger partial charge in [0, 0.05) is 38.8 Å². The van der Waals surface area contributed by atoms with Crippen molar-refractivity contribution in [2.24, 2.45) is 11.3 Å². The molecule has 5 nitrogen and oxygen atoms in total. The van der Waals surface area contributed by atoms with Crippen LogP contribution in [0.15, 0.2) is 48.5 Å². The highest BCUT2D eigenvalue weighted by atomic mass is 19.1. The molecule has 0 aromatic heterocycles. The number of hydrogen-bond donors (Lipinski definition) is 2. The standard InChI is InChI=1S/C23H25F2N3O2/c1-26-22(30)23-11-18(27-21(29)19-8-7-17(24)10-20(19)25)9-16(23)13-28(14-23)12-15-5-3-2-4-6-15/h2-8,10,16,18H,9,11-14H2,1H3,(H,26,30)(H,27,29)/t16-,18-,23-/m0/s1.